The van der Waals surface area contributed by atoms with Crippen LogP contribution in [0.2, 0.25) is 5.02 Å². The van der Waals surface area contributed by atoms with Crippen molar-refractivity contribution >= 4 is 34.2 Å². The first kappa shape index (κ1) is 21.6. The Bertz CT molecular complexity index is 1090. The summed E-state index contributed by atoms with van der Waals surface area (Å²) in [6.07, 6.45) is 0.919. The number of aryl methyl sites for hydroxylation is 3. The van der Waals surface area contributed by atoms with Crippen molar-refractivity contribution in [2.75, 3.05) is 44.2 Å². The maximum atomic E-state index is 12.8. The molecule has 0 atom stereocenters. The Hall–Kier alpha value is -2.64. The van der Waals surface area contributed by atoms with Gasteiger partial charge in [-0.2, -0.15) is 5.10 Å². The highest BCUT2D eigenvalue weighted by atomic mass is 35.5. The number of piperazine rings is 1. The standard InChI is InChI=1S/C23H29ClN6O/c1-16-14-20(21-17(2)27-28(3)22(21)26-16)23(31)25-8-5-9-29-10-12-30(13-11-29)19-7-4-6-18(24)15-19/h4,6-7,14-15H,5,8-13H2,1-3H3,(H,25,31). The van der Waals surface area contributed by atoms with Crippen LogP contribution in [0.15, 0.2) is 30.3 Å². The van der Waals surface area contributed by atoms with Gasteiger partial charge in [0.2, 0.25) is 0 Å². The van der Waals surface area contributed by atoms with Crippen molar-refractivity contribution in [3.05, 3.63) is 52.3 Å². The van der Waals surface area contributed by atoms with E-state index in [0.717, 1.165) is 66.6 Å². The first-order valence-corrected chi connectivity index (χ1v) is 11.1. The van der Waals surface area contributed by atoms with Crippen LogP contribution in [0.4, 0.5) is 5.69 Å². The number of benzene rings is 1. The number of rotatable bonds is 6. The van der Waals surface area contributed by atoms with E-state index in [4.69, 9.17) is 11.6 Å². The lowest BCUT2D eigenvalue weighted by Gasteiger charge is -2.36. The average Bonchev–Trinajstić information content (AvgIpc) is 3.04. The Morgan fingerprint density at radius 1 is 1.16 bits per heavy atom. The Balaban J connectivity index is 1.26. The van der Waals surface area contributed by atoms with Gasteiger partial charge in [-0.15, -0.1) is 0 Å². The molecule has 0 unspecified atom stereocenters. The van der Waals surface area contributed by atoms with Gasteiger partial charge >= 0.3 is 0 Å². The van der Waals surface area contributed by atoms with E-state index in [2.05, 4.69) is 31.3 Å². The molecule has 7 nitrogen and oxygen atoms in total. The van der Waals surface area contributed by atoms with Gasteiger partial charge in [-0.3, -0.25) is 14.4 Å². The summed E-state index contributed by atoms with van der Waals surface area (Å²) in [5, 5.41) is 9.11. The van der Waals surface area contributed by atoms with Crippen molar-refractivity contribution in [1.29, 1.82) is 0 Å². The quantitative estimate of drug-likeness (QED) is 0.596. The number of fused-ring (bicyclic) bond motifs is 1. The third-order valence-electron chi connectivity index (χ3n) is 5.82. The second kappa shape index (κ2) is 9.24. The van der Waals surface area contributed by atoms with Crippen molar-refractivity contribution in [3.8, 4) is 0 Å². The van der Waals surface area contributed by atoms with Crippen molar-refractivity contribution < 1.29 is 4.79 Å². The highest BCUT2D eigenvalue weighted by Gasteiger charge is 2.19. The van der Waals surface area contributed by atoms with Crippen LogP contribution in [0.1, 0.15) is 28.2 Å². The second-order valence-electron chi connectivity index (χ2n) is 8.14. The van der Waals surface area contributed by atoms with Crippen LogP contribution < -0.4 is 10.2 Å². The van der Waals surface area contributed by atoms with Crippen molar-refractivity contribution in [3.63, 3.8) is 0 Å². The number of nitrogens with one attached hydrogen (secondary N) is 1. The summed E-state index contributed by atoms with van der Waals surface area (Å²) in [5.74, 6) is -0.0580. The fourth-order valence-corrected chi connectivity index (χ4v) is 4.44. The molecule has 0 spiro atoms. The molecule has 1 amide bonds. The molecule has 3 heterocycles. The zero-order valence-corrected chi connectivity index (χ0v) is 19.1. The molecule has 8 heteroatoms. The molecule has 164 valence electrons. The van der Waals surface area contributed by atoms with E-state index in [1.807, 2.05) is 45.2 Å². The number of hydrogen-bond acceptors (Lipinski definition) is 5. The first-order chi connectivity index (χ1) is 14.9. The molecule has 1 aliphatic rings. The molecule has 2 aromatic heterocycles. The minimum Gasteiger partial charge on any atom is -0.369 e. The van der Waals surface area contributed by atoms with E-state index in [1.165, 1.54) is 5.69 Å². The Morgan fingerprint density at radius 3 is 2.68 bits per heavy atom. The Labute approximate surface area is 188 Å². The van der Waals surface area contributed by atoms with Gasteiger partial charge in [0.15, 0.2) is 5.65 Å². The predicted molar refractivity (Wildman–Crippen MR) is 125 cm³/mol. The summed E-state index contributed by atoms with van der Waals surface area (Å²) in [4.78, 5) is 22.2. The number of anilines is 1. The molecular weight excluding hydrogens is 412 g/mol. The van der Waals surface area contributed by atoms with E-state index in [9.17, 15) is 4.79 Å². The van der Waals surface area contributed by atoms with Crippen LogP contribution in [0.5, 0.6) is 0 Å². The molecule has 3 aromatic rings. The molecular formula is C23H29ClN6O. The van der Waals surface area contributed by atoms with Crippen molar-refractivity contribution in [2.45, 2.75) is 20.3 Å². The minimum absolute atomic E-state index is 0.0580. The van der Waals surface area contributed by atoms with Crippen LogP contribution in [-0.4, -0.2) is 64.8 Å². The third-order valence-corrected chi connectivity index (χ3v) is 6.06. The molecule has 1 aliphatic heterocycles. The van der Waals surface area contributed by atoms with Gasteiger partial charge in [0, 0.05) is 56.2 Å². The zero-order chi connectivity index (χ0) is 22.0. The number of carbonyl (C=O) groups excluding carboxylic acids is 1. The second-order valence-corrected chi connectivity index (χ2v) is 8.57. The number of amides is 1. The van der Waals surface area contributed by atoms with Crippen LogP contribution >= 0.6 is 11.6 Å². The monoisotopic (exact) mass is 440 g/mol. The van der Waals surface area contributed by atoms with E-state index in [1.54, 1.807) is 4.68 Å². The Kier molecular flexibility index (Phi) is 6.43. The van der Waals surface area contributed by atoms with E-state index in [0.29, 0.717) is 12.1 Å². The number of nitrogens with zero attached hydrogens (tertiary/aromatic N) is 5. The molecule has 31 heavy (non-hydrogen) atoms. The molecule has 0 radical (unpaired) electrons. The van der Waals surface area contributed by atoms with E-state index < -0.39 is 0 Å². The summed E-state index contributed by atoms with van der Waals surface area (Å²) < 4.78 is 1.73. The van der Waals surface area contributed by atoms with Crippen LogP contribution in [0.3, 0.4) is 0 Å². The van der Waals surface area contributed by atoms with Crippen LogP contribution in [0, 0.1) is 13.8 Å². The highest BCUT2D eigenvalue weighted by Crippen LogP contribution is 2.22. The largest absolute Gasteiger partial charge is 0.369 e. The molecule has 4 rings (SSSR count). The van der Waals surface area contributed by atoms with E-state index >= 15 is 0 Å². The third kappa shape index (κ3) is 4.83. The van der Waals surface area contributed by atoms with Gasteiger partial charge < -0.3 is 10.2 Å². The lowest BCUT2D eigenvalue weighted by Crippen LogP contribution is -2.47. The van der Waals surface area contributed by atoms with Gasteiger partial charge in [0.1, 0.15) is 0 Å². The number of aromatic nitrogens is 3. The fraction of sp³-hybridized carbons (Fsp3) is 0.435. The van der Waals surface area contributed by atoms with Crippen LogP contribution in [-0.2, 0) is 7.05 Å². The number of pyridine rings is 1. The Morgan fingerprint density at radius 2 is 1.94 bits per heavy atom. The SMILES string of the molecule is Cc1cc(C(=O)NCCCN2CCN(c3cccc(Cl)c3)CC2)c2c(C)nn(C)c2n1. The zero-order valence-electron chi connectivity index (χ0n) is 18.4. The average molecular weight is 441 g/mol. The van der Waals surface area contributed by atoms with Crippen molar-refractivity contribution in [1.82, 2.24) is 25.0 Å². The summed E-state index contributed by atoms with van der Waals surface area (Å²) >= 11 is 6.12. The van der Waals surface area contributed by atoms with Gasteiger partial charge in [-0.1, -0.05) is 17.7 Å². The molecule has 1 N–H and O–H groups in total. The molecule has 0 aliphatic carbocycles. The molecule has 1 aromatic carbocycles. The molecule has 0 saturated carbocycles. The first-order valence-electron chi connectivity index (χ1n) is 10.7. The van der Waals surface area contributed by atoms with E-state index in [-0.39, 0.29) is 5.91 Å². The molecule has 0 bridgehead atoms. The summed E-state index contributed by atoms with van der Waals surface area (Å²) in [6, 6.07) is 9.88. The minimum atomic E-state index is -0.0580. The highest BCUT2D eigenvalue weighted by molar-refractivity contribution is 6.30. The summed E-state index contributed by atoms with van der Waals surface area (Å²) in [5.41, 5.74) is 4.23. The smallest absolute Gasteiger partial charge is 0.252 e. The number of carbonyl (C=O) groups is 1. The number of halogens is 1. The number of hydrogen-bond donors (Lipinski definition) is 1. The van der Waals surface area contributed by atoms with Gasteiger partial charge in [0.25, 0.3) is 5.91 Å². The van der Waals surface area contributed by atoms with Crippen molar-refractivity contribution in [2.24, 2.45) is 7.05 Å². The van der Waals surface area contributed by atoms with Crippen LogP contribution in [0.25, 0.3) is 11.0 Å². The normalized spacial score (nSPS) is 14.9. The van der Waals surface area contributed by atoms with Gasteiger partial charge in [-0.05, 0) is 51.1 Å². The maximum absolute atomic E-state index is 12.8. The topological polar surface area (TPSA) is 66.3 Å². The summed E-state index contributed by atoms with van der Waals surface area (Å²) in [6.45, 7) is 9.44. The maximum Gasteiger partial charge on any atom is 0.252 e. The molecule has 1 fully saturated rings. The van der Waals surface area contributed by atoms with Gasteiger partial charge in [0.05, 0.1) is 16.6 Å². The van der Waals surface area contributed by atoms with Gasteiger partial charge in [-0.25, -0.2) is 4.98 Å². The lowest BCUT2D eigenvalue weighted by atomic mass is 10.1. The lowest BCUT2D eigenvalue weighted by molar-refractivity contribution is 0.0953. The summed E-state index contributed by atoms with van der Waals surface area (Å²) in [7, 11) is 1.86. The fourth-order valence-electron chi connectivity index (χ4n) is 4.25. The molecule has 1 saturated heterocycles. The predicted octanol–water partition coefficient (Wildman–Crippen LogP) is 3.18.